The highest BCUT2D eigenvalue weighted by Gasteiger charge is 2.12. The van der Waals surface area contributed by atoms with E-state index in [1.807, 2.05) is 6.92 Å². The molecule has 6 nitrogen and oxygen atoms in total. The smallest absolute Gasteiger partial charge is 0.224 e. The molecular weight excluding hydrogens is 266 g/mol. The van der Waals surface area contributed by atoms with Crippen LogP contribution in [0.4, 0.5) is 5.69 Å². The molecule has 0 radical (unpaired) electrons. The van der Waals surface area contributed by atoms with Gasteiger partial charge in [0.1, 0.15) is 0 Å². The van der Waals surface area contributed by atoms with Crippen molar-refractivity contribution in [2.45, 2.75) is 24.8 Å². The number of rotatable bonds is 6. The van der Waals surface area contributed by atoms with Crippen LogP contribution >= 0.6 is 0 Å². The summed E-state index contributed by atoms with van der Waals surface area (Å²) in [5, 5.41) is 2.65. The number of anilines is 1. The van der Waals surface area contributed by atoms with Gasteiger partial charge in [0.15, 0.2) is 14.9 Å². The standard InChI is InChI=1S/C12H19N3O3S/c1-3-9(7-13)6-11(16)15-10-4-5-12(14-8-10)19(2,17)18/h4-5,8-9H,3,6-7,13H2,1-2H3,(H,15,16). The van der Waals surface area contributed by atoms with Gasteiger partial charge in [-0.1, -0.05) is 13.3 Å². The molecule has 1 unspecified atom stereocenters. The molecule has 1 amide bonds. The fourth-order valence-corrected chi connectivity index (χ4v) is 2.10. The van der Waals surface area contributed by atoms with Crippen molar-refractivity contribution in [3.05, 3.63) is 18.3 Å². The molecule has 106 valence electrons. The molecule has 0 aliphatic carbocycles. The minimum absolute atomic E-state index is 0.0149. The van der Waals surface area contributed by atoms with Crippen LogP contribution in [0.1, 0.15) is 19.8 Å². The first-order valence-corrected chi connectivity index (χ1v) is 7.92. The maximum Gasteiger partial charge on any atom is 0.224 e. The first kappa shape index (κ1) is 15.6. The van der Waals surface area contributed by atoms with Crippen molar-refractivity contribution in [1.82, 2.24) is 4.98 Å². The minimum Gasteiger partial charge on any atom is -0.330 e. The van der Waals surface area contributed by atoms with Gasteiger partial charge in [-0.2, -0.15) is 0 Å². The summed E-state index contributed by atoms with van der Waals surface area (Å²) in [6.07, 6.45) is 3.61. The van der Waals surface area contributed by atoms with E-state index >= 15 is 0 Å². The summed E-state index contributed by atoms with van der Waals surface area (Å²) in [6, 6.07) is 2.88. The Morgan fingerprint density at radius 2 is 2.16 bits per heavy atom. The van der Waals surface area contributed by atoms with Crippen molar-refractivity contribution in [2.24, 2.45) is 11.7 Å². The van der Waals surface area contributed by atoms with Crippen molar-refractivity contribution in [2.75, 3.05) is 18.1 Å². The molecule has 1 heterocycles. The highest BCUT2D eigenvalue weighted by atomic mass is 32.2. The molecule has 0 aromatic carbocycles. The van der Waals surface area contributed by atoms with E-state index in [1.165, 1.54) is 18.3 Å². The van der Waals surface area contributed by atoms with Gasteiger partial charge >= 0.3 is 0 Å². The molecule has 7 heteroatoms. The number of aromatic nitrogens is 1. The van der Waals surface area contributed by atoms with Gasteiger partial charge in [-0.25, -0.2) is 13.4 Å². The Hall–Kier alpha value is -1.47. The van der Waals surface area contributed by atoms with Gasteiger partial charge in [-0.15, -0.1) is 0 Å². The number of hydrogen-bond acceptors (Lipinski definition) is 5. The number of hydrogen-bond donors (Lipinski definition) is 2. The molecule has 3 N–H and O–H groups in total. The summed E-state index contributed by atoms with van der Waals surface area (Å²) < 4.78 is 22.5. The van der Waals surface area contributed by atoms with E-state index in [4.69, 9.17) is 5.73 Å². The molecular formula is C12H19N3O3S. The van der Waals surface area contributed by atoms with Crippen LogP contribution < -0.4 is 11.1 Å². The lowest BCUT2D eigenvalue weighted by molar-refractivity contribution is -0.117. The van der Waals surface area contributed by atoms with Gasteiger partial charge in [-0.05, 0) is 24.6 Å². The largest absolute Gasteiger partial charge is 0.330 e. The number of carbonyl (C=O) groups is 1. The summed E-state index contributed by atoms with van der Waals surface area (Å²) in [5.74, 6) is 0.00876. The number of nitrogens with zero attached hydrogens (tertiary/aromatic N) is 1. The minimum atomic E-state index is -3.32. The molecule has 1 aromatic rings. The maximum atomic E-state index is 11.7. The van der Waals surface area contributed by atoms with Crippen molar-refractivity contribution >= 4 is 21.4 Å². The lowest BCUT2D eigenvalue weighted by Crippen LogP contribution is -2.21. The van der Waals surface area contributed by atoms with Gasteiger partial charge in [0.2, 0.25) is 5.91 Å². The van der Waals surface area contributed by atoms with Crippen molar-refractivity contribution in [3.8, 4) is 0 Å². The second-order valence-electron chi connectivity index (χ2n) is 4.42. The number of pyridine rings is 1. The second kappa shape index (κ2) is 6.63. The molecule has 0 saturated carbocycles. The summed E-state index contributed by atoms with van der Waals surface area (Å²) in [6.45, 7) is 2.45. The molecule has 0 spiro atoms. The molecule has 1 rings (SSSR count). The Labute approximate surface area is 113 Å². The highest BCUT2D eigenvalue weighted by Crippen LogP contribution is 2.12. The first-order chi connectivity index (χ1) is 8.86. The predicted molar refractivity (Wildman–Crippen MR) is 73.4 cm³/mol. The SMILES string of the molecule is CCC(CN)CC(=O)Nc1ccc(S(C)(=O)=O)nc1. The van der Waals surface area contributed by atoms with Gasteiger partial charge in [0, 0.05) is 12.7 Å². The average molecular weight is 285 g/mol. The highest BCUT2D eigenvalue weighted by molar-refractivity contribution is 7.90. The predicted octanol–water partition coefficient (Wildman–Crippen LogP) is 0.799. The van der Waals surface area contributed by atoms with Crippen molar-refractivity contribution in [1.29, 1.82) is 0 Å². The number of carbonyl (C=O) groups excluding carboxylic acids is 1. The fourth-order valence-electron chi connectivity index (χ4n) is 1.54. The van der Waals surface area contributed by atoms with E-state index in [9.17, 15) is 13.2 Å². The van der Waals surface area contributed by atoms with E-state index in [0.717, 1.165) is 12.7 Å². The van der Waals surface area contributed by atoms with E-state index < -0.39 is 9.84 Å². The molecule has 19 heavy (non-hydrogen) atoms. The van der Waals surface area contributed by atoms with Crippen LogP contribution in [-0.2, 0) is 14.6 Å². The Bertz CT molecular complexity index is 522. The van der Waals surface area contributed by atoms with Crippen LogP contribution in [0.3, 0.4) is 0 Å². The third kappa shape index (κ3) is 4.96. The fraction of sp³-hybridized carbons (Fsp3) is 0.500. The molecule has 0 fully saturated rings. The van der Waals surface area contributed by atoms with Gasteiger partial charge in [-0.3, -0.25) is 4.79 Å². The first-order valence-electron chi connectivity index (χ1n) is 6.02. The zero-order valence-electron chi connectivity index (χ0n) is 11.1. The molecule has 0 aliphatic heterocycles. The number of amides is 1. The van der Waals surface area contributed by atoms with E-state index in [-0.39, 0.29) is 16.9 Å². The van der Waals surface area contributed by atoms with Crippen molar-refractivity contribution < 1.29 is 13.2 Å². The van der Waals surface area contributed by atoms with E-state index in [0.29, 0.717) is 18.7 Å². The molecule has 0 saturated heterocycles. The summed E-state index contributed by atoms with van der Waals surface area (Å²) in [4.78, 5) is 15.5. The molecule has 0 bridgehead atoms. The van der Waals surface area contributed by atoms with Crippen LogP contribution in [0.2, 0.25) is 0 Å². The van der Waals surface area contributed by atoms with Crippen LogP contribution in [0.15, 0.2) is 23.4 Å². The van der Waals surface area contributed by atoms with Gasteiger partial charge in [0.25, 0.3) is 0 Å². The normalized spacial score (nSPS) is 13.0. The quantitative estimate of drug-likeness (QED) is 0.804. The number of nitrogens with two attached hydrogens (primary N) is 1. The Morgan fingerprint density at radius 3 is 2.58 bits per heavy atom. The van der Waals surface area contributed by atoms with Crippen molar-refractivity contribution in [3.63, 3.8) is 0 Å². The van der Waals surface area contributed by atoms with Crippen LogP contribution in [-0.4, -0.2) is 32.1 Å². The molecule has 1 atom stereocenters. The summed E-state index contributed by atoms with van der Waals surface area (Å²) in [5.41, 5.74) is 6.01. The molecule has 0 aliphatic rings. The summed E-state index contributed by atoms with van der Waals surface area (Å²) >= 11 is 0. The van der Waals surface area contributed by atoms with Crippen LogP contribution in [0.5, 0.6) is 0 Å². The van der Waals surface area contributed by atoms with Gasteiger partial charge in [0.05, 0.1) is 11.9 Å². The van der Waals surface area contributed by atoms with E-state index in [2.05, 4.69) is 10.3 Å². The monoisotopic (exact) mass is 285 g/mol. The lowest BCUT2D eigenvalue weighted by atomic mass is 10.0. The lowest BCUT2D eigenvalue weighted by Gasteiger charge is -2.11. The number of nitrogens with one attached hydrogen (secondary N) is 1. The second-order valence-corrected chi connectivity index (χ2v) is 6.38. The maximum absolute atomic E-state index is 11.7. The van der Waals surface area contributed by atoms with Gasteiger partial charge < -0.3 is 11.1 Å². The topological polar surface area (TPSA) is 102 Å². The number of sulfone groups is 1. The van der Waals surface area contributed by atoms with E-state index in [1.54, 1.807) is 0 Å². The zero-order valence-corrected chi connectivity index (χ0v) is 11.9. The Balaban J connectivity index is 2.66. The third-order valence-electron chi connectivity index (χ3n) is 2.78. The zero-order chi connectivity index (χ0) is 14.5. The summed E-state index contributed by atoms with van der Waals surface area (Å²) in [7, 11) is -3.32. The molecule has 1 aromatic heterocycles. The third-order valence-corrected chi connectivity index (χ3v) is 3.79. The van der Waals surface area contributed by atoms with Crippen LogP contribution in [0.25, 0.3) is 0 Å². The Morgan fingerprint density at radius 1 is 1.47 bits per heavy atom. The van der Waals surface area contributed by atoms with Crippen LogP contribution in [0, 0.1) is 5.92 Å². The Kier molecular flexibility index (Phi) is 5.44. The average Bonchev–Trinajstić information content (AvgIpc) is 2.35.